The molecular formula is C14H22N2O2. The Morgan fingerprint density at radius 2 is 1.89 bits per heavy atom. The molecule has 0 unspecified atom stereocenters. The Hall–Kier alpha value is -1.55. The van der Waals surface area contributed by atoms with Crippen LogP contribution in [0.3, 0.4) is 0 Å². The Morgan fingerprint density at radius 3 is 2.56 bits per heavy atom. The number of benzene rings is 1. The molecule has 0 aliphatic carbocycles. The molecule has 0 spiro atoms. The van der Waals surface area contributed by atoms with Gasteiger partial charge in [0.2, 0.25) is 0 Å². The van der Waals surface area contributed by atoms with Gasteiger partial charge >= 0.3 is 0 Å². The van der Waals surface area contributed by atoms with E-state index in [0.29, 0.717) is 24.4 Å². The van der Waals surface area contributed by atoms with E-state index in [4.69, 9.17) is 10.5 Å². The van der Waals surface area contributed by atoms with Crippen LogP contribution in [0.4, 0.5) is 5.69 Å². The maximum absolute atomic E-state index is 11.7. The summed E-state index contributed by atoms with van der Waals surface area (Å²) in [7, 11) is 0. The van der Waals surface area contributed by atoms with Gasteiger partial charge in [-0.1, -0.05) is 13.3 Å². The molecular weight excluding hydrogens is 228 g/mol. The van der Waals surface area contributed by atoms with Gasteiger partial charge in [-0.2, -0.15) is 0 Å². The second-order valence-electron chi connectivity index (χ2n) is 4.20. The van der Waals surface area contributed by atoms with Crippen molar-refractivity contribution in [3.8, 4) is 0 Å². The van der Waals surface area contributed by atoms with Crippen molar-refractivity contribution in [3.05, 3.63) is 29.8 Å². The van der Waals surface area contributed by atoms with Gasteiger partial charge in [0.1, 0.15) is 0 Å². The first kappa shape index (κ1) is 14.5. The van der Waals surface area contributed by atoms with Crippen molar-refractivity contribution in [2.45, 2.75) is 26.2 Å². The quantitative estimate of drug-likeness (QED) is 0.549. The van der Waals surface area contributed by atoms with Gasteiger partial charge in [0.25, 0.3) is 5.91 Å². The summed E-state index contributed by atoms with van der Waals surface area (Å²) < 4.78 is 5.41. The maximum Gasteiger partial charge on any atom is 0.251 e. The van der Waals surface area contributed by atoms with Crippen LogP contribution in [0.25, 0.3) is 0 Å². The van der Waals surface area contributed by atoms with Gasteiger partial charge in [-0.3, -0.25) is 4.79 Å². The van der Waals surface area contributed by atoms with Crippen molar-refractivity contribution >= 4 is 11.6 Å². The molecule has 100 valence electrons. The van der Waals surface area contributed by atoms with Gasteiger partial charge in [-0.05, 0) is 37.1 Å². The fourth-order valence-corrected chi connectivity index (χ4v) is 1.46. The highest BCUT2D eigenvalue weighted by Gasteiger charge is 2.03. The number of nitrogens with one attached hydrogen (secondary N) is 1. The number of hydrogen-bond acceptors (Lipinski definition) is 3. The van der Waals surface area contributed by atoms with E-state index >= 15 is 0 Å². The summed E-state index contributed by atoms with van der Waals surface area (Å²) in [5.41, 5.74) is 6.86. The van der Waals surface area contributed by atoms with Crippen LogP contribution in [-0.2, 0) is 4.74 Å². The highest BCUT2D eigenvalue weighted by Crippen LogP contribution is 2.04. The molecule has 4 heteroatoms. The predicted molar refractivity (Wildman–Crippen MR) is 73.5 cm³/mol. The van der Waals surface area contributed by atoms with Crippen LogP contribution in [0, 0.1) is 0 Å². The SMILES string of the molecule is CCCCOCCCNC(=O)c1ccc(N)cc1. The van der Waals surface area contributed by atoms with Crippen molar-refractivity contribution < 1.29 is 9.53 Å². The van der Waals surface area contributed by atoms with E-state index in [1.54, 1.807) is 24.3 Å². The number of nitrogens with two attached hydrogens (primary N) is 1. The second kappa shape index (κ2) is 8.53. The van der Waals surface area contributed by atoms with Gasteiger partial charge in [0.15, 0.2) is 0 Å². The van der Waals surface area contributed by atoms with E-state index in [-0.39, 0.29) is 5.91 Å². The number of hydrogen-bond donors (Lipinski definition) is 2. The molecule has 1 amide bonds. The summed E-state index contributed by atoms with van der Waals surface area (Å²) >= 11 is 0. The zero-order chi connectivity index (χ0) is 13.2. The van der Waals surface area contributed by atoms with Crippen LogP contribution in [-0.4, -0.2) is 25.7 Å². The van der Waals surface area contributed by atoms with E-state index < -0.39 is 0 Å². The van der Waals surface area contributed by atoms with Crippen LogP contribution in [0.1, 0.15) is 36.5 Å². The molecule has 1 aromatic rings. The summed E-state index contributed by atoms with van der Waals surface area (Å²) in [5, 5.41) is 2.85. The number of carbonyl (C=O) groups excluding carboxylic acids is 1. The fraction of sp³-hybridized carbons (Fsp3) is 0.500. The third-order valence-corrected chi connectivity index (χ3v) is 2.57. The first-order valence-corrected chi connectivity index (χ1v) is 6.45. The monoisotopic (exact) mass is 250 g/mol. The Morgan fingerprint density at radius 1 is 1.22 bits per heavy atom. The van der Waals surface area contributed by atoms with Crippen molar-refractivity contribution in [2.24, 2.45) is 0 Å². The van der Waals surface area contributed by atoms with Gasteiger partial charge < -0.3 is 15.8 Å². The normalized spacial score (nSPS) is 10.3. The molecule has 3 N–H and O–H groups in total. The third kappa shape index (κ3) is 5.68. The van der Waals surface area contributed by atoms with Gasteiger partial charge in [-0.15, -0.1) is 0 Å². The molecule has 0 saturated heterocycles. The summed E-state index contributed by atoms with van der Waals surface area (Å²) in [5.74, 6) is -0.0661. The minimum Gasteiger partial charge on any atom is -0.399 e. The largest absolute Gasteiger partial charge is 0.399 e. The summed E-state index contributed by atoms with van der Waals surface area (Å²) in [6, 6.07) is 6.90. The topological polar surface area (TPSA) is 64.3 Å². The smallest absolute Gasteiger partial charge is 0.251 e. The zero-order valence-electron chi connectivity index (χ0n) is 10.9. The van der Waals surface area contributed by atoms with E-state index in [1.807, 2.05) is 0 Å². The van der Waals surface area contributed by atoms with E-state index in [0.717, 1.165) is 25.9 Å². The van der Waals surface area contributed by atoms with Crippen molar-refractivity contribution in [1.82, 2.24) is 5.32 Å². The highest BCUT2D eigenvalue weighted by molar-refractivity contribution is 5.94. The Bertz CT molecular complexity index is 349. The van der Waals surface area contributed by atoms with Gasteiger partial charge in [-0.25, -0.2) is 0 Å². The minimum atomic E-state index is -0.0661. The van der Waals surface area contributed by atoms with Crippen LogP contribution in [0.15, 0.2) is 24.3 Å². The Balaban J connectivity index is 2.12. The lowest BCUT2D eigenvalue weighted by Gasteiger charge is -2.06. The predicted octanol–water partition coefficient (Wildman–Crippen LogP) is 2.21. The second-order valence-corrected chi connectivity index (χ2v) is 4.20. The first-order chi connectivity index (χ1) is 8.74. The maximum atomic E-state index is 11.7. The van der Waals surface area contributed by atoms with E-state index in [9.17, 15) is 4.79 Å². The molecule has 1 rings (SSSR count). The van der Waals surface area contributed by atoms with Crippen LogP contribution in [0.2, 0.25) is 0 Å². The van der Waals surface area contributed by atoms with E-state index in [2.05, 4.69) is 12.2 Å². The van der Waals surface area contributed by atoms with Crippen molar-refractivity contribution in [1.29, 1.82) is 0 Å². The number of amides is 1. The molecule has 18 heavy (non-hydrogen) atoms. The molecule has 0 heterocycles. The number of anilines is 1. The molecule has 0 aliphatic heterocycles. The van der Waals surface area contributed by atoms with Gasteiger partial charge in [0.05, 0.1) is 0 Å². The number of nitrogen functional groups attached to an aromatic ring is 1. The fourth-order valence-electron chi connectivity index (χ4n) is 1.46. The van der Waals surface area contributed by atoms with Crippen LogP contribution in [0.5, 0.6) is 0 Å². The molecule has 0 aliphatic rings. The molecule has 0 aromatic heterocycles. The Labute approximate surface area is 109 Å². The number of carbonyl (C=O) groups is 1. The molecule has 0 bridgehead atoms. The average molecular weight is 250 g/mol. The minimum absolute atomic E-state index is 0.0661. The molecule has 0 saturated carbocycles. The standard InChI is InChI=1S/C14H22N2O2/c1-2-3-10-18-11-4-9-16-14(17)12-5-7-13(15)8-6-12/h5-8H,2-4,9-11,15H2,1H3,(H,16,17). The van der Waals surface area contributed by atoms with Gasteiger partial charge in [0, 0.05) is 31.0 Å². The third-order valence-electron chi connectivity index (χ3n) is 2.57. The lowest BCUT2D eigenvalue weighted by atomic mass is 10.2. The lowest BCUT2D eigenvalue weighted by Crippen LogP contribution is -2.25. The Kier molecular flexibility index (Phi) is 6.87. The van der Waals surface area contributed by atoms with Crippen LogP contribution < -0.4 is 11.1 Å². The van der Waals surface area contributed by atoms with E-state index in [1.165, 1.54) is 0 Å². The summed E-state index contributed by atoms with van der Waals surface area (Å²) in [6.07, 6.45) is 3.08. The molecule has 0 atom stereocenters. The molecule has 1 aromatic carbocycles. The average Bonchev–Trinajstić information content (AvgIpc) is 2.38. The summed E-state index contributed by atoms with van der Waals surface area (Å²) in [6.45, 7) is 4.27. The zero-order valence-corrected chi connectivity index (χ0v) is 10.9. The molecule has 4 nitrogen and oxygen atoms in total. The van der Waals surface area contributed by atoms with Crippen molar-refractivity contribution in [3.63, 3.8) is 0 Å². The first-order valence-electron chi connectivity index (χ1n) is 6.45. The number of unbranched alkanes of at least 4 members (excludes halogenated alkanes) is 1. The molecule has 0 radical (unpaired) electrons. The molecule has 0 fully saturated rings. The number of rotatable bonds is 8. The number of ether oxygens (including phenoxy) is 1. The highest BCUT2D eigenvalue weighted by atomic mass is 16.5. The van der Waals surface area contributed by atoms with Crippen LogP contribution >= 0.6 is 0 Å². The lowest BCUT2D eigenvalue weighted by molar-refractivity contribution is 0.0940. The van der Waals surface area contributed by atoms with Crippen molar-refractivity contribution in [2.75, 3.05) is 25.5 Å². The summed E-state index contributed by atoms with van der Waals surface area (Å²) in [4.78, 5) is 11.7.